The van der Waals surface area contributed by atoms with Crippen molar-refractivity contribution in [3.63, 3.8) is 0 Å². The highest BCUT2D eigenvalue weighted by Crippen LogP contribution is 2.45. The van der Waals surface area contributed by atoms with Crippen molar-refractivity contribution in [1.29, 1.82) is 0 Å². The molecule has 2 saturated heterocycles. The second kappa shape index (κ2) is 8.64. The summed E-state index contributed by atoms with van der Waals surface area (Å²) in [5.74, 6) is 0.864. The molecule has 3 aliphatic rings. The van der Waals surface area contributed by atoms with Gasteiger partial charge in [-0.3, -0.25) is 14.5 Å². The average Bonchev–Trinajstić information content (AvgIpc) is 3.51. The summed E-state index contributed by atoms with van der Waals surface area (Å²) in [6, 6.07) is 7.84. The van der Waals surface area contributed by atoms with E-state index in [1.165, 1.54) is 0 Å². The molecular formula is C21H28ClN3O2S. The van der Waals surface area contributed by atoms with Gasteiger partial charge in [0.05, 0.1) is 5.25 Å². The molecule has 0 radical (unpaired) electrons. The van der Waals surface area contributed by atoms with Crippen LogP contribution in [0.5, 0.6) is 0 Å². The van der Waals surface area contributed by atoms with Gasteiger partial charge in [-0.1, -0.05) is 36.7 Å². The fourth-order valence-electron chi connectivity index (χ4n) is 4.03. The number of halogens is 1. The van der Waals surface area contributed by atoms with E-state index in [1.807, 2.05) is 34.1 Å². The predicted molar refractivity (Wildman–Crippen MR) is 113 cm³/mol. The Morgan fingerprint density at radius 3 is 2.50 bits per heavy atom. The topological polar surface area (TPSA) is 43.9 Å². The van der Waals surface area contributed by atoms with Crippen molar-refractivity contribution in [2.75, 3.05) is 39.3 Å². The lowest BCUT2D eigenvalue weighted by Crippen LogP contribution is -2.51. The highest BCUT2D eigenvalue weighted by molar-refractivity contribution is 8.01. The van der Waals surface area contributed by atoms with E-state index in [0.717, 1.165) is 62.6 Å². The molecule has 0 N–H and O–H groups in total. The Labute approximate surface area is 176 Å². The van der Waals surface area contributed by atoms with Crippen LogP contribution < -0.4 is 0 Å². The third kappa shape index (κ3) is 4.19. The number of carbonyl (C=O) groups is 2. The van der Waals surface area contributed by atoms with E-state index in [0.29, 0.717) is 18.4 Å². The summed E-state index contributed by atoms with van der Waals surface area (Å²) in [6.07, 6.45) is 2.97. The van der Waals surface area contributed by atoms with E-state index in [4.69, 9.17) is 11.6 Å². The van der Waals surface area contributed by atoms with Crippen LogP contribution in [0.3, 0.4) is 0 Å². The van der Waals surface area contributed by atoms with Gasteiger partial charge in [0.1, 0.15) is 5.37 Å². The number of hydrogen-bond donors (Lipinski definition) is 0. The van der Waals surface area contributed by atoms with Crippen molar-refractivity contribution < 1.29 is 9.59 Å². The molecule has 7 heteroatoms. The van der Waals surface area contributed by atoms with Gasteiger partial charge in [-0.15, -0.1) is 11.8 Å². The molecule has 1 aliphatic carbocycles. The van der Waals surface area contributed by atoms with Crippen molar-refractivity contribution in [3.05, 3.63) is 34.9 Å². The number of piperazine rings is 1. The monoisotopic (exact) mass is 421 g/mol. The van der Waals surface area contributed by atoms with Gasteiger partial charge in [0, 0.05) is 55.8 Å². The SMILES string of the molecule is CC[C@@H]1S[C@@H](c2ccccc2Cl)N(CCN2CCN(C(=O)C3CC3)CC2)C1=O. The largest absolute Gasteiger partial charge is 0.340 e. The standard InChI is InChI=1S/C21H28ClN3O2S/c1-2-18-20(27)25(21(28-18)16-5-3-4-6-17(16)22)14-11-23-9-12-24(13-10-23)19(26)15-7-8-15/h3-6,15,18,21H,2,7-14H2,1H3/t18-,21-/m0/s1. The first-order chi connectivity index (χ1) is 13.6. The molecule has 0 spiro atoms. The van der Waals surface area contributed by atoms with Gasteiger partial charge >= 0.3 is 0 Å². The molecule has 1 aromatic rings. The number of carbonyl (C=O) groups excluding carboxylic acids is 2. The van der Waals surface area contributed by atoms with E-state index in [1.54, 1.807) is 11.8 Å². The van der Waals surface area contributed by atoms with Gasteiger partial charge in [-0.25, -0.2) is 0 Å². The molecule has 28 heavy (non-hydrogen) atoms. The van der Waals surface area contributed by atoms with E-state index in [-0.39, 0.29) is 16.5 Å². The fourth-order valence-corrected chi connectivity index (χ4v) is 5.80. The lowest BCUT2D eigenvalue weighted by atomic mass is 10.2. The third-order valence-electron chi connectivity index (χ3n) is 5.94. The molecule has 0 bridgehead atoms. The zero-order valence-corrected chi connectivity index (χ0v) is 17.9. The minimum atomic E-state index is -0.0103. The Balaban J connectivity index is 1.36. The van der Waals surface area contributed by atoms with Gasteiger partial charge in [0.25, 0.3) is 0 Å². The molecule has 5 nitrogen and oxygen atoms in total. The van der Waals surface area contributed by atoms with Crippen LogP contribution in [0.4, 0.5) is 0 Å². The van der Waals surface area contributed by atoms with Crippen LogP contribution in [0.25, 0.3) is 0 Å². The molecule has 152 valence electrons. The quantitative estimate of drug-likeness (QED) is 0.707. The van der Waals surface area contributed by atoms with Gasteiger partial charge in [0.2, 0.25) is 11.8 Å². The first-order valence-corrected chi connectivity index (χ1v) is 11.6. The van der Waals surface area contributed by atoms with Gasteiger partial charge in [0.15, 0.2) is 0 Å². The van der Waals surface area contributed by atoms with Crippen molar-refractivity contribution in [3.8, 4) is 0 Å². The summed E-state index contributed by atoms with van der Waals surface area (Å²) in [7, 11) is 0. The highest BCUT2D eigenvalue weighted by atomic mass is 35.5. The zero-order chi connectivity index (χ0) is 19.7. The van der Waals surface area contributed by atoms with Gasteiger partial charge < -0.3 is 9.80 Å². The van der Waals surface area contributed by atoms with Crippen LogP contribution in [-0.2, 0) is 9.59 Å². The Kier molecular flexibility index (Phi) is 6.18. The number of rotatable bonds is 6. The molecule has 2 amide bonds. The van der Waals surface area contributed by atoms with Crippen LogP contribution in [0.2, 0.25) is 5.02 Å². The molecule has 0 unspecified atom stereocenters. The average molecular weight is 422 g/mol. The number of nitrogens with zero attached hydrogens (tertiary/aromatic N) is 3. The molecule has 4 rings (SSSR count). The van der Waals surface area contributed by atoms with Gasteiger partial charge in [-0.05, 0) is 25.3 Å². The van der Waals surface area contributed by atoms with Crippen LogP contribution in [0.1, 0.15) is 37.1 Å². The maximum absolute atomic E-state index is 12.9. The number of thioether (sulfide) groups is 1. The molecular weight excluding hydrogens is 394 g/mol. The summed E-state index contributed by atoms with van der Waals surface area (Å²) in [5, 5.41) is 0.722. The first-order valence-electron chi connectivity index (χ1n) is 10.3. The van der Waals surface area contributed by atoms with Crippen molar-refractivity contribution in [2.45, 2.75) is 36.8 Å². The molecule has 2 atom stereocenters. The fraction of sp³-hybridized carbons (Fsp3) is 0.619. The highest BCUT2D eigenvalue weighted by Gasteiger charge is 2.41. The Bertz CT molecular complexity index is 734. The Morgan fingerprint density at radius 2 is 1.86 bits per heavy atom. The second-order valence-electron chi connectivity index (χ2n) is 7.88. The zero-order valence-electron chi connectivity index (χ0n) is 16.3. The van der Waals surface area contributed by atoms with Crippen molar-refractivity contribution >= 4 is 35.2 Å². The maximum Gasteiger partial charge on any atom is 0.236 e. The Hall–Kier alpha value is -1.24. The minimum Gasteiger partial charge on any atom is -0.340 e. The van der Waals surface area contributed by atoms with Crippen LogP contribution in [0.15, 0.2) is 24.3 Å². The maximum atomic E-state index is 12.9. The molecule has 2 heterocycles. The number of benzene rings is 1. The lowest BCUT2D eigenvalue weighted by molar-refractivity contribution is -0.134. The molecule has 1 saturated carbocycles. The third-order valence-corrected chi connectivity index (χ3v) is 7.92. The Morgan fingerprint density at radius 1 is 1.14 bits per heavy atom. The van der Waals surface area contributed by atoms with E-state index < -0.39 is 0 Å². The van der Waals surface area contributed by atoms with Crippen LogP contribution >= 0.6 is 23.4 Å². The summed E-state index contributed by atoms with van der Waals surface area (Å²) in [4.78, 5) is 31.5. The summed E-state index contributed by atoms with van der Waals surface area (Å²) < 4.78 is 0. The lowest BCUT2D eigenvalue weighted by Gasteiger charge is -2.36. The molecule has 0 aromatic heterocycles. The molecule has 3 fully saturated rings. The van der Waals surface area contributed by atoms with E-state index in [9.17, 15) is 9.59 Å². The van der Waals surface area contributed by atoms with Crippen molar-refractivity contribution in [2.24, 2.45) is 5.92 Å². The second-order valence-corrected chi connectivity index (χ2v) is 9.57. The number of amides is 2. The minimum absolute atomic E-state index is 0.00860. The molecule has 1 aromatic carbocycles. The van der Waals surface area contributed by atoms with Crippen LogP contribution in [-0.4, -0.2) is 71.0 Å². The predicted octanol–water partition coefficient (Wildman–Crippen LogP) is 3.25. The number of hydrogen-bond acceptors (Lipinski definition) is 4. The van der Waals surface area contributed by atoms with E-state index >= 15 is 0 Å². The van der Waals surface area contributed by atoms with Gasteiger partial charge in [-0.2, -0.15) is 0 Å². The summed E-state index contributed by atoms with van der Waals surface area (Å²) >= 11 is 8.15. The van der Waals surface area contributed by atoms with E-state index in [2.05, 4.69) is 11.8 Å². The molecule has 2 aliphatic heterocycles. The normalized spacial score (nSPS) is 26.1. The first kappa shape index (κ1) is 20.0. The summed E-state index contributed by atoms with van der Waals surface area (Å²) in [6.45, 7) is 7.01. The van der Waals surface area contributed by atoms with Crippen molar-refractivity contribution in [1.82, 2.24) is 14.7 Å². The summed E-state index contributed by atoms with van der Waals surface area (Å²) in [5.41, 5.74) is 1.03. The van der Waals surface area contributed by atoms with Crippen LogP contribution in [0, 0.1) is 5.92 Å². The smallest absolute Gasteiger partial charge is 0.236 e.